The lowest BCUT2D eigenvalue weighted by Crippen LogP contribution is -2.61. The van der Waals surface area contributed by atoms with Crippen LogP contribution in [0, 0.1) is 0 Å². The van der Waals surface area contributed by atoms with Gasteiger partial charge in [-0.15, -0.1) is 10.2 Å². The average molecular weight is 457 g/mol. The number of aliphatic hydroxyl groups excluding tert-OH is 3. The Labute approximate surface area is 194 Å². The Bertz CT molecular complexity index is 1350. The van der Waals surface area contributed by atoms with Crippen LogP contribution in [-0.2, 0) is 6.54 Å². The highest BCUT2D eigenvalue weighted by atomic mass is 16.4. The van der Waals surface area contributed by atoms with E-state index in [1.165, 1.54) is 0 Å². The minimum Gasteiger partial charge on any atom is -0.387 e. The molecule has 1 fully saturated rings. The Morgan fingerprint density at radius 2 is 1.06 bits per heavy atom. The van der Waals surface area contributed by atoms with Crippen LogP contribution in [-0.4, -0.2) is 68.5 Å². The SMILES string of the molecule is OC1[C@@H](O)C(n2nnc3ccccc32)N(Cc2ccccc2)C(n2nnc3ccccc32)[C@H]1O. The molecule has 0 amide bonds. The quantitative estimate of drug-likeness (QED) is 0.371. The van der Waals surface area contributed by atoms with Gasteiger partial charge in [0, 0.05) is 6.54 Å². The summed E-state index contributed by atoms with van der Waals surface area (Å²) in [7, 11) is 0. The summed E-state index contributed by atoms with van der Waals surface area (Å²) in [5, 5.41) is 50.6. The molecule has 10 nitrogen and oxygen atoms in total. The number of para-hydroxylation sites is 2. The van der Waals surface area contributed by atoms with E-state index in [-0.39, 0.29) is 0 Å². The Morgan fingerprint density at radius 3 is 1.59 bits per heavy atom. The van der Waals surface area contributed by atoms with Gasteiger partial charge >= 0.3 is 0 Å². The predicted octanol–water partition coefficient (Wildman–Crippen LogP) is 1.47. The summed E-state index contributed by atoms with van der Waals surface area (Å²) in [6.07, 6.45) is -5.80. The van der Waals surface area contributed by atoms with Crippen LogP contribution in [0.2, 0.25) is 0 Å². The number of hydrogen-bond donors (Lipinski definition) is 3. The van der Waals surface area contributed by atoms with Crippen molar-refractivity contribution >= 4 is 22.1 Å². The van der Waals surface area contributed by atoms with Gasteiger partial charge in [-0.1, -0.05) is 65.0 Å². The van der Waals surface area contributed by atoms with Gasteiger partial charge in [0.05, 0.1) is 11.0 Å². The van der Waals surface area contributed by atoms with E-state index in [9.17, 15) is 15.3 Å². The normalized spacial score (nSPS) is 25.8. The third-order valence-corrected chi connectivity index (χ3v) is 6.45. The molecule has 0 bridgehead atoms. The van der Waals surface area contributed by atoms with Crippen LogP contribution in [0.15, 0.2) is 78.9 Å². The zero-order chi connectivity index (χ0) is 23.2. The highest BCUT2D eigenvalue weighted by Gasteiger charge is 2.51. The van der Waals surface area contributed by atoms with Crippen molar-refractivity contribution in [1.82, 2.24) is 34.9 Å². The first-order chi connectivity index (χ1) is 16.6. The van der Waals surface area contributed by atoms with E-state index in [1.807, 2.05) is 83.8 Å². The molecule has 5 aromatic rings. The molecule has 172 valence electrons. The summed E-state index contributed by atoms with van der Waals surface area (Å²) < 4.78 is 3.20. The highest BCUT2D eigenvalue weighted by Crippen LogP contribution is 2.39. The monoisotopic (exact) mass is 457 g/mol. The van der Waals surface area contributed by atoms with Crippen LogP contribution in [0.3, 0.4) is 0 Å². The third kappa shape index (κ3) is 3.27. The molecule has 5 atom stereocenters. The number of aromatic nitrogens is 6. The second kappa shape index (κ2) is 8.26. The van der Waals surface area contributed by atoms with Crippen molar-refractivity contribution in [2.45, 2.75) is 37.2 Å². The van der Waals surface area contributed by atoms with Crippen molar-refractivity contribution < 1.29 is 15.3 Å². The first kappa shape index (κ1) is 20.9. The third-order valence-electron chi connectivity index (χ3n) is 6.45. The van der Waals surface area contributed by atoms with Crippen LogP contribution < -0.4 is 0 Å². The fourth-order valence-electron chi connectivity index (χ4n) is 4.82. The molecule has 0 radical (unpaired) electrons. The standard InChI is InChI=1S/C24H23N7O3/c32-20-21(33)23(30-18-12-6-4-10-16(18)25-27-30)29(14-15-8-2-1-3-9-15)24(22(20)34)31-19-13-7-5-11-17(19)26-28-31/h1-13,20-24,32-34H,14H2/t20?,21-,22+,23?,24?. The maximum atomic E-state index is 11.2. The molecule has 3 heterocycles. The van der Waals surface area contributed by atoms with Gasteiger partial charge in [-0.3, -0.25) is 4.90 Å². The van der Waals surface area contributed by atoms with E-state index in [1.54, 1.807) is 9.36 Å². The van der Waals surface area contributed by atoms with E-state index in [2.05, 4.69) is 20.6 Å². The zero-order valence-corrected chi connectivity index (χ0v) is 18.1. The van der Waals surface area contributed by atoms with E-state index in [0.717, 1.165) is 5.56 Å². The van der Waals surface area contributed by atoms with Crippen molar-refractivity contribution in [3.63, 3.8) is 0 Å². The fraction of sp³-hybridized carbons (Fsp3) is 0.250. The molecular formula is C24H23N7O3. The van der Waals surface area contributed by atoms with E-state index < -0.39 is 30.6 Å². The van der Waals surface area contributed by atoms with Gasteiger partial charge in [0.25, 0.3) is 0 Å². The Balaban J connectivity index is 1.55. The van der Waals surface area contributed by atoms with Gasteiger partial charge in [0.1, 0.15) is 41.7 Å². The number of aliphatic hydroxyl groups is 3. The topological polar surface area (TPSA) is 125 Å². The number of likely N-dealkylation sites (tertiary alicyclic amines) is 1. The number of nitrogens with zero attached hydrogens (tertiary/aromatic N) is 7. The molecule has 10 heteroatoms. The summed E-state index contributed by atoms with van der Waals surface area (Å²) in [5.41, 5.74) is 3.70. The Morgan fingerprint density at radius 1 is 0.588 bits per heavy atom. The van der Waals surface area contributed by atoms with Crippen LogP contribution in [0.1, 0.15) is 17.9 Å². The van der Waals surface area contributed by atoms with E-state index >= 15 is 0 Å². The molecule has 6 rings (SSSR count). The second-order valence-electron chi connectivity index (χ2n) is 8.50. The summed E-state index contributed by atoms with van der Waals surface area (Å²) in [4.78, 5) is 1.89. The smallest absolute Gasteiger partial charge is 0.137 e. The lowest BCUT2D eigenvalue weighted by molar-refractivity contribution is -0.207. The molecule has 0 saturated carbocycles. The van der Waals surface area contributed by atoms with E-state index in [0.29, 0.717) is 28.6 Å². The van der Waals surface area contributed by atoms with Crippen LogP contribution in [0.25, 0.3) is 22.1 Å². The molecule has 2 aromatic heterocycles. The molecule has 0 spiro atoms. The summed E-state index contributed by atoms with van der Waals surface area (Å²) >= 11 is 0. The van der Waals surface area contributed by atoms with Crippen LogP contribution in [0.5, 0.6) is 0 Å². The lowest BCUT2D eigenvalue weighted by atomic mass is 9.94. The van der Waals surface area contributed by atoms with Gasteiger partial charge in [0.15, 0.2) is 0 Å². The molecule has 1 saturated heterocycles. The minimum absolute atomic E-state index is 0.347. The van der Waals surface area contributed by atoms with Gasteiger partial charge in [-0.25, -0.2) is 9.36 Å². The molecule has 1 aliphatic rings. The highest BCUT2D eigenvalue weighted by molar-refractivity contribution is 5.74. The summed E-state index contributed by atoms with van der Waals surface area (Å²) in [6.45, 7) is 0.347. The molecule has 3 unspecified atom stereocenters. The number of hydrogen-bond acceptors (Lipinski definition) is 8. The molecule has 0 aliphatic carbocycles. The second-order valence-corrected chi connectivity index (χ2v) is 8.50. The lowest BCUT2D eigenvalue weighted by Gasteiger charge is -2.48. The number of fused-ring (bicyclic) bond motifs is 2. The molecule has 1 aliphatic heterocycles. The molecular weight excluding hydrogens is 434 g/mol. The fourth-order valence-corrected chi connectivity index (χ4v) is 4.82. The van der Waals surface area contributed by atoms with E-state index in [4.69, 9.17) is 0 Å². The maximum absolute atomic E-state index is 11.2. The largest absolute Gasteiger partial charge is 0.387 e. The van der Waals surface area contributed by atoms with Crippen molar-refractivity contribution in [2.75, 3.05) is 0 Å². The van der Waals surface area contributed by atoms with Crippen LogP contribution >= 0.6 is 0 Å². The first-order valence-corrected chi connectivity index (χ1v) is 11.1. The predicted molar refractivity (Wildman–Crippen MR) is 123 cm³/mol. The zero-order valence-electron chi connectivity index (χ0n) is 18.1. The molecule has 3 aromatic carbocycles. The van der Waals surface area contributed by atoms with Crippen LogP contribution in [0.4, 0.5) is 0 Å². The summed E-state index contributed by atoms with van der Waals surface area (Å²) in [5.74, 6) is 0. The van der Waals surface area contributed by atoms with Gasteiger partial charge in [-0.2, -0.15) is 0 Å². The summed E-state index contributed by atoms with van der Waals surface area (Å²) in [6, 6.07) is 24.6. The average Bonchev–Trinajstić information content (AvgIpc) is 3.49. The Hall–Kier alpha value is -3.70. The van der Waals surface area contributed by atoms with Crippen molar-refractivity contribution in [3.8, 4) is 0 Å². The maximum Gasteiger partial charge on any atom is 0.137 e. The minimum atomic E-state index is -1.45. The van der Waals surface area contributed by atoms with Crippen molar-refractivity contribution in [2.24, 2.45) is 0 Å². The number of benzene rings is 3. The van der Waals surface area contributed by atoms with Gasteiger partial charge in [-0.05, 0) is 29.8 Å². The molecule has 34 heavy (non-hydrogen) atoms. The van der Waals surface area contributed by atoms with Gasteiger partial charge < -0.3 is 15.3 Å². The van der Waals surface area contributed by atoms with Crippen molar-refractivity contribution in [3.05, 3.63) is 84.4 Å². The molecule has 3 N–H and O–H groups in total. The number of piperidine rings is 1. The van der Waals surface area contributed by atoms with Gasteiger partial charge in [0.2, 0.25) is 0 Å². The Kier molecular flexibility index (Phi) is 5.07. The first-order valence-electron chi connectivity index (χ1n) is 11.1. The number of rotatable bonds is 4. The van der Waals surface area contributed by atoms with Crippen molar-refractivity contribution in [1.29, 1.82) is 0 Å².